The number of hydrogen-bond acceptors (Lipinski definition) is 2. The van der Waals surface area contributed by atoms with Gasteiger partial charge in [0.2, 0.25) is 5.91 Å². The minimum atomic E-state index is 0.0842. The van der Waals surface area contributed by atoms with Crippen molar-refractivity contribution in [3.8, 4) is 0 Å². The van der Waals surface area contributed by atoms with Crippen molar-refractivity contribution < 1.29 is 4.79 Å². The van der Waals surface area contributed by atoms with Crippen LogP contribution in [0.3, 0.4) is 0 Å². The number of carbonyl (C=O) groups is 1. The number of anilines is 1. The van der Waals surface area contributed by atoms with Gasteiger partial charge in [0.1, 0.15) is 0 Å². The van der Waals surface area contributed by atoms with Crippen molar-refractivity contribution in [1.82, 2.24) is 9.78 Å². The Hall–Kier alpha value is -1.62. The Morgan fingerprint density at radius 2 is 2.16 bits per heavy atom. The largest absolute Gasteiger partial charge is 0.323 e. The Morgan fingerprint density at radius 1 is 1.42 bits per heavy atom. The molecule has 1 saturated carbocycles. The molecular weight excluding hydrogens is 306 g/mol. The third kappa shape index (κ3) is 2.71. The number of carbonyl (C=O) groups excluding carboxylic acids is 1. The Labute approximate surface area is 119 Å². The molecule has 4 nitrogen and oxygen atoms in total. The molecule has 0 aliphatic heterocycles. The molecule has 0 radical (unpaired) electrons. The fourth-order valence-electron chi connectivity index (χ4n) is 2.28. The van der Waals surface area contributed by atoms with Crippen LogP contribution in [0.4, 0.5) is 5.69 Å². The molecule has 3 rings (SSSR count). The molecule has 2 aromatic rings. The predicted molar refractivity (Wildman–Crippen MR) is 76.8 cm³/mol. The number of nitrogens with zero attached hydrogens (tertiary/aromatic N) is 2. The standard InChI is InChI=1S/C14H14BrN3O/c1-18-8-11(7-16-18)17-14(19)13-6-12(13)9-2-4-10(15)5-3-9/h2-5,7-8,12-13H,6H2,1H3,(H,17,19)/t12-,13+/m1/s1. The van der Waals surface area contributed by atoms with Crippen LogP contribution < -0.4 is 5.32 Å². The predicted octanol–water partition coefficient (Wildman–Crippen LogP) is 2.92. The average Bonchev–Trinajstić information content (AvgIpc) is 3.08. The second-order valence-electron chi connectivity index (χ2n) is 4.89. The monoisotopic (exact) mass is 319 g/mol. The lowest BCUT2D eigenvalue weighted by Gasteiger charge is -2.02. The van der Waals surface area contributed by atoms with Crippen molar-refractivity contribution in [2.75, 3.05) is 5.32 Å². The molecular formula is C14H14BrN3O. The summed E-state index contributed by atoms with van der Waals surface area (Å²) in [5.74, 6) is 0.520. The molecule has 0 unspecified atom stereocenters. The van der Waals surface area contributed by atoms with Gasteiger partial charge in [0, 0.05) is 23.6 Å². The van der Waals surface area contributed by atoms with Crippen molar-refractivity contribution in [3.05, 3.63) is 46.7 Å². The molecule has 1 fully saturated rings. The highest BCUT2D eigenvalue weighted by molar-refractivity contribution is 9.10. The molecule has 0 saturated heterocycles. The van der Waals surface area contributed by atoms with Crippen molar-refractivity contribution in [2.45, 2.75) is 12.3 Å². The van der Waals surface area contributed by atoms with E-state index in [2.05, 4.69) is 38.5 Å². The SMILES string of the molecule is Cn1cc(NC(=O)[C@H]2C[C@@H]2c2ccc(Br)cc2)cn1. The zero-order chi connectivity index (χ0) is 13.4. The molecule has 2 atom stereocenters. The molecule has 1 aliphatic carbocycles. The molecule has 0 bridgehead atoms. The topological polar surface area (TPSA) is 46.9 Å². The molecule has 0 spiro atoms. The van der Waals surface area contributed by atoms with E-state index in [0.29, 0.717) is 5.92 Å². The fraction of sp³-hybridized carbons (Fsp3) is 0.286. The summed E-state index contributed by atoms with van der Waals surface area (Å²) in [6.07, 6.45) is 4.39. The van der Waals surface area contributed by atoms with Gasteiger partial charge in [-0.3, -0.25) is 9.48 Å². The molecule has 98 valence electrons. The van der Waals surface area contributed by atoms with E-state index in [1.807, 2.05) is 19.2 Å². The van der Waals surface area contributed by atoms with Gasteiger partial charge in [0.15, 0.2) is 0 Å². The van der Waals surface area contributed by atoms with Crippen LogP contribution >= 0.6 is 15.9 Å². The van der Waals surface area contributed by atoms with E-state index in [-0.39, 0.29) is 11.8 Å². The average molecular weight is 320 g/mol. The van der Waals surface area contributed by atoms with Crippen LogP contribution in [-0.2, 0) is 11.8 Å². The zero-order valence-corrected chi connectivity index (χ0v) is 12.1. The summed E-state index contributed by atoms with van der Waals surface area (Å²) < 4.78 is 2.74. The minimum Gasteiger partial charge on any atom is -0.323 e. The number of aromatic nitrogens is 2. The molecule has 1 aliphatic rings. The number of aryl methyl sites for hydroxylation is 1. The molecule has 1 aromatic heterocycles. The normalized spacial score (nSPS) is 21.2. The summed E-state index contributed by atoms with van der Waals surface area (Å²) in [6, 6.07) is 8.19. The molecule has 1 N–H and O–H groups in total. The van der Waals surface area contributed by atoms with Gasteiger partial charge in [-0.1, -0.05) is 28.1 Å². The smallest absolute Gasteiger partial charge is 0.228 e. The van der Waals surface area contributed by atoms with E-state index in [1.54, 1.807) is 17.1 Å². The van der Waals surface area contributed by atoms with Crippen LogP contribution in [-0.4, -0.2) is 15.7 Å². The van der Waals surface area contributed by atoms with E-state index in [1.165, 1.54) is 5.56 Å². The van der Waals surface area contributed by atoms with Crippen molar-refractivity contribution in [2.24, 2.45) is 13.0 Å². The Bertz CT molecular complexity index is 605. The Morgan fingerprint density at radius 3 is 2.79 bits per heavy atom. The number of benzene rings is 1. The van der Waals surface area contributed by atoms with Crippen LogP contribution in [0, 0.1) is 5.92 Å². The summed E-state index contributed by atoms with van der Waals surface area (Å²) in [5.41, 5.74) is 1.99. The van der Waals surface area contributed by atoms with E-state index in [4.69, 9.17) is 0 Å². The third-order valence-electron chi connectivity index (χ3n) is 3.40. The first kappa shape index (κ1) is 12.4. The van der Waals surface area contributed by atoms with Gasteiger partial charge in [0.05, 0.1) is 11.9 Å². The quantitative estimate of drug-likeness (QED) is 0.945. The van der Waals surface area contributed by atoms with Crippen LogP contribution in [0.25, 0.3) is 0 Å². The maximum Gasteiger partial charge on any atom is 0.228 e. The highest BCUT2D eigenvalue weighted by atomic mass is 79.9. The third-order valence-corrected chi connectivity index (χ3v) is 3.93. The molecule has 19 heavy (non-hydrogen) atoms. The molecule has 1 aromatic carbocycles. The van der Waals surface area contributed by atoms with Gasteiger partial charge >= 0.3 is 0 Å². The van der Waals surface area contributed by atoms with Gasteiger partial charge in [-0.05, 0) is 30.0 Å². The molecule has 1 heterocycles. The van der Waals surface area contributed by atoms with Gasteiger partial charge < -0.3 is 5.32 Å². The summed E-state index contributed by atoms with van der Waals surface area (Å²) in [6.45, 7) is 0. The Balaban J connectivity index is 1.63. The maximum absolute atomic E-state index is 12.1. The maximum atomic E-state index is 12.1. The first-order valence-electron chi connectivity index (χ1n) is 6.18. The number of hydrogen-bond donors (Lipinski definition) is 1. The first-order chi connectivity index (χ1) is 9.13. The van der Waals surface area contributed by atoms with Crippen LogP contribution in [0.1, 0.15) is 17.9 Å². The van der Waals surface area contributed by atoms with Crippen molar-refractivity contribution >= 4 is 27.5 Å². The highest BCUT2D eigenvalue weighted by Crippen LogP contribution is 2.48. The van der Waals surface area contributed by atoms with Crippen LogP contribution in [0.5, 0.6) is 0 Å². The number of amides is 1. The number of rotatable bonds is 3. The van der Waals surface area contributed by atoms with E-state index >= 15 is 0 Å². The summed E-state index contributed by atoms with van der Waals surface area (Å²) >= 11 is 3.42. The second kappa shape index (κ2) is 4.81. The van der Waals surface area contributed by atoms with Gasteiger partial charge in [-0.15, -0.1) is 0 Å². The van der Waals surface area contributed by atoms with E-state index in [9.17, 15) is 4.79 Å². The molecule has 1 amide bonds. The second-order valence-corrected chi connectivity index (χ2v) is 5.81. The summed E-state index contributed by atoms with van der Waals surface area (Å²) in [4.78, 5) is 12.1. The van der Waals surface area contributed by atoms with Gasteiger partial charge in [-0.25, -0.2) is 0 Å². The number of halogens is 1. The lowest BCUT2D eigenvalue weighted by molar-refractivity contribution is -0.117. The minimum absolute atomic E-state index is 0.0842. The van der Waals surface area contributed by atoms with Gasteiger partial charge in [0.25, 0.3) is 0 Å². The zero-order valence-electron chi connectivity index (χ0n) is 10.5. The highest BCUT2D eigenvalue weighted by Gasteiger charge is 2.43. The van der Waals surface area contributed by atoms with E-state index in [0.717, 1.165) is 16.6 Å². The lowest BCUT2D eigenvalue weighted by atomic mass is 10.1. The first-order valence-corrected chi connectivity index (χ1v) is 6.98. The lowest BCUT2D eigenvalue weighted by Crippen LogP contribution is -2.14. The van der Waals surface area contributed by atoms with Gasteiger partial charge in [-0.2, -0.15) is 5.10 Å². The molecule has 5 heteroatoms. The fourth-order valence-corrected chi connectivity index (χ4v) is 2.55. The van der Waals surface area contributed by atoms with Crippen LogP contribution in [0.2, 0.25) is 0 Å². The summed E-state index contributed by atoms with van der Waals surface area (Å²) in [7, 11) is 1.83. The van der Waals surface area contributed by atoms with Crippen molar-refractivity contribution in [3.63, 3.8) is 0 Å². The van der Waals surface area contributed by atoms with Crippen LogP contribution in [0.15, 0.2) is 41.1 Å². The Kier molecular flexibility index (Phi) is 3.14. The number of nitrogens with one attached hydrogen (secondary N) is 1. The van der Waals surface area contributed by atoms with Crippen molar-refractivity contribution in [1.29, 1.82) is 0 Å². The summed E-state index contributed by atoms with van der Waals surface area (Å²) in [5, 5.41) is 6.94. The van der Waals surface area contributed by atoms with E-state index < -0.39 is 0 Å².